The van der Waals surface area contributed by atoms with Crippen LogP contribution in [0.15, 0.2) is 0 Å². The van der Waals surface area contributed by atoms with Crippen LogP contribution in [0.4, 0.5) is 0 Å². The minimum atomic E-state index is -0.970. The van der Waals surface area contributed by atoms with E-state index in [9.17, 15) is 9.59 Å². The van der Waals surface area contributed by atoms with Crippen LogP contribution in [-0.2, 0) is 9.59 Å². The van der Waals surface area contributed by atoms with Gasteiger partial charge < -0.3 is 10.2 Å². The first-order chi connectivity index (χ1) is 5.63. The summed E-state index contributed by atoms with van der Waals surface area (Å²) in [7, 11) is 0. The number of aliphatic carboxylic acids is 2. The van der Waals surface area contributed by atoms with E-state index in [0.29, 0.717) is 12.8 Å². The Hall–Kier alpha value is 0.200. The molecule has 0 aliphatic heterocycles. The van der Waals surface area contributed by atoms with Gasteiger partial charge in [-0.05, 0) is 12.8 Å². The molecule has 1 fully saturated rings. The van der Waals surface area contributed by atoms with Crippen LogP contribution in [0.1, 0.15) is 25.7 Å². The second-order valence-electron chi connectivity index (χ2n) is 3.17. The second kappa shape index (κ2) is 5.83. The molecule has 0 aromatic heterocycles. The van der Waals surface area contributed by atoms with Crippen molar-refractivity contribution in [2.45, 2.75) is 25.7 Å². The number of carboxylic acids is 2. The Kier molecular flexibility index (Phi) is 5.92. The van der Waals surface area contributed by atoms with Crippen LogP contribution in [0.25, 0.3) is 0 Å². The number of carboxylic acid groups (broad SMARTS) is 2. The van der Waals surface area contributed by atoms with Gasteiger partial charge in [-0.15, -0.1) is 0 Å². The molecule has 1 saturated carbocycles. The van der Waals surface area contributed by atoms with E-state index in [1.807, 2.05) is 0 Å². The van der Waals surface area contributed by atoms with Crippen molar-refractivity contribution in [3.8, 4) is 0 Å². The fraction of sp³-hybridized carbons (Fsp3) is 0.750. The molecule has 72 valence electrons. The maximum atomic E-state index is 10.6. The van der Waals surface area contributed by atoms with Crippen molar-refractivity contribution in [1.29, 1.82) is 0 Å². The van der Waals surface area contributed by atoms with Gasteiger partial charge in [0, 0.05) is 0 Å². The summed E-state index contributed by atoms with van der Waals surface area (Å²) in [6.45, 7) is 0. The van der Waals surface area contributed by atoms with Gasteiger partial charge in [0.1, 0.15) is 0 Å². The zero-order chi connectivity index (χ0) is 9.14. The van der Waals surface area contributed by atoms with Gasteiger partial charge >= 0.3 is 49.7 Å². The molecule has 13 heavy (non-hydrogen) atoms. The predicted molar refractivity (Wildman–Crippen MR) is 49.3 cm³/mol. The Morgan fingerprint density at radius 1 is 0.923 bits per heavy atom. The molecule has 2 atom stereocenters. The van der Waals surface area contributed by atoms with E-state index in [1.54, 1.807) is 0 Å². The molecule has 0 spiro atoms. The Labute approximate surface area is 106 Å². The first kappa shape index (κ1) is 13.2. The van der Waals surface area contributed by atoms with Crippen molar-refractivity contribution >= 4 is 49.7 Å². The monoisotopic (exact) mass is 214 g/mol. The first-order valence-corrected chi connectivity index (χ1v) is 4.08. The van der Waals surface area contributed by atoms with E-state index in [2.05, 4.69) is 0 Å². The zero-order valence-electron chi connectivity index (χ0n) is 6.69. The summed E-state index contributed by atoms with van der Waals surface area (Å²) in [5, 5.41) is 17.4. The molecule has 1 aliphatic carbocycles. The van der Waals surface area contributed by atoms with E-state index < -0.39 is 23.8 Å². The van der Waals surface area contributed by atoms with Gasteiger partial charge in [-0.2, -0.15) is 0 Å². The zero-order valence-corrected chi connectivity index (χ0v) is 6.69. The molecule has 5 heteroatoms. The number of hydrogen-bond acceptors (Lipinski definition) is 2. The van der Waals surface area contributed by atoms with Gasteiger partial charge in [0.05, 0.1) is 11.8 Å². The molecule has 0 heterocycles. The van der Waals surface area contributed by atoms with Gasteiger partial charge in [-0.3, -0.25) is 9.59 Å². The summed E-state index contributed by atoms with van der Waals surface area (Å²) in [6.07, 6.45) is 2.68. The van der Waals surface area contributed by atoms with Crippen molar-refractivity contribution in [2.24, 2.45) is 11.8 Å². The standard InChI is InChI=1S/C8H12O4.Ca.2H/c9-7(10)5-3-1-2-4-6(5)8(11)12;;;/h5-6H,1-4H2,(H,9,10)(H,11,12);;;. The average molecular weight is 214 g/mol. The van der Waals surface area contributed by atoms with Crippen LogP contribution in [0.3, 0.4) is 0 Å². The van der Waals surface area contributed by atoms with Crippen LogP contribution in [-0.4, -0.2) is 59.9 Å². The van der Waals surface area contributed by atoms with Gasteiger partial charge in [0.25, 0.3) is 0 Å². The van der Waals surface area contributed by atoms with E-state index in [-0.39, 0.29) is 37.7 Å². The predicted octanol–water partition coefficient (Wildman–Crippen LogP) is 0.0458. The molecule has 1 rings (SSSR count). The van der Waals surface area contributed by atoms with E-state index in [4.69, 9.17) is 10.2 Å². The van der Waals surface area contributed by atoms with Crippen LogP contribution in [0, 0.1) is 11.8 Å². The number of rotatable bonds is 2. The van der Waals surface area contributed by atoms with Crippen molar-refractivity contribution in [3.05, 3.63) is 0 Å². The summed E-state index contributed by atoms with van der Waals surface area (Å²) in [5.41, 5.74) is 0. The fourth-order valence-electron chi connectivity index (χ4n) is 1.72. The topological polar surface area (TPSA) is 74.6 Å². The van der Waals surface area contributed by atoms with Crippen molar-refractivity contribution in [2.75, 3.05) is 0 Å². The van der Waals surface area contributed by atoms with Gasteiger partial charge in [-0.1, -0.05) is 12.8 Å². The molecule has 1 aliphatic rings. The summed E-state index contributed by atoms with van der Waals surface area (Å²) >= 11 is 0. The molecule has 2 unspecified atom stereocenters. The Morgan fingerprint density at radius 3 is 1.46 bits per heavy atom. The summed E-state index contributed by atoms with van der Waals surface area (Å²) in [6, 6.07) is 0. The maximum absolute atomic E-state index is 10.6. The molecule has 0 bridgehead atoms. The SMILES string of the molecule is O=C(O)C1CCCCC1C(=O)O.[CaH2]. The van der Waals surface area contributed by atoms with Crippen LogP contribution in [0.5, 0.6) is 0 Å². The molecule has 4 nitrogen and oxygen atoms in total. The first-order valence-electron chi connectivity index (χ1n) is 4.08. The van der Waals surface area contributed by atoms with Crippen molar-refractivity contribution < 1.29 is 19.8 Å². The average Bonchev–Trinajstić information content (AvgIpc) is 2.04. The van der Waals surface area contributed by atoms with Crippen LogP contribution >= 0.6 is 0 Å². The summed E-state index contributed by atoms with van der Waals surface area (Å²) < 4.78 is 0. The van der Waals surface area contributed by atoms with Gasteiger partial charge in [0.15, 0.2) is 0 Å². The van der Waals surface area contributed by atoms with Gasteiger partial charge in [0.2, 0.25) is 0 Å². The third-order valence-electron chi connectivity index (χ3n) is 2.40. The quantitative estimate of drug-likeness (QED) is 0.637. The Bertz CT molecular complexity index is 182. The fourth-order valence-corrected chi connectivity index (χ4v) is 1.72. The van der Waals surface area contributed by atoms with E-state index in [0.717, 1.165) is 12.8 Å². The molecular formula is C8H14CaO4. The van der Waals surface area contributed by atoms with E-state index in [1.165, 1.54) is 0 Å². The van der Waals surface area contributed by atoms with Crippen LogP contribution in [0.2, 0.25) is 0 Å². The molecule has 0 saturated heterocycles. The second-order valence-corrected chi connectivity index (χ2v) is 3.17. The van der Waals surface area contributed by atoms with Gasteiger partial charge in [-0.25, -0.2) is 0 Å². The minimum absolute atomic E-state index is 0. The van der Waals surface area contributed by atoms with Crippen molar-refractivity contribution in [1.82, 2.24) is 0 Å². The third kappa shape index (κ3) is 3.44. The summed E-state index contributed by atoms with van der Waals surface area (Å²) in [5.74, 6) is -3.28. The number of carbonyl (C=O) groups is 2. The number of hydrogen-bond donors (Lipinski definition) is 2. The Morgan fingerprint density at radius 2 is 1.23 bits per heavy atom. The molecule has 0 aromatic rings. The summed E-state index contributed by atoms with van der Waals surface area (Å²) in [4.78, 5) is 21.2. The Balaban J connectivity index is 0.00000144. The normalized spacial score (nSPS) is 27.4. The van der Waals surface area contributed by atoms with E-state index >= 15 is 0 Å². The van der Waals surface area contributed by atoms with Crippen LogP contribution < -0.4 is 0 Å². The third-order valence-corrected chi connectivity index (χ3v) is 2.40. The molecular weight excluding hydrogens is 200 g/mol. The molecule has 0 amide bonds. The molecule has 0 radical (unpaired) electrons. The van der Waals surface area contributed by atoms with Crippen molar-refractivity contribution in [3.63, 3.8) is 0 Å². The molecule has 2 N–H and O–H groups in total. The molecule has 0 aromatic carbocycles.